The molecular formula is C42H26N2O. The highest BCUT2D eigenvalue weighted by molar-refractivity contribution is 6.15. The molecule has 0 aliphatic carbocycles. The van der Waals surface area contributed by atoms with E-state index in [1.807, 2.05) is 0 Å². The van der Waals surface area contributed by atoms with Gasteiger partial charge in [0.25, 0.3) is 0 Å². The molecule has 0 atom stereocenters. The van der Waals surface area contributed by atoms with Crippen molar-refractivity contribution < 1.29 is 4.42 Å². The number of aromatic nitrogens is 2. The average molecular weight is 575 g/mol. The van der Waals surface area contributed by atoms with E-state index in [-0.39, 0.29) is 0 Å². The summed E-state index contributed by atoms with van der Waals surface area (Å²) in [6, 6.07) is 56.5. The molecule has 10 rings (SSSR count). The van der Waals surface area contributed by atoms with E-state index in [0.717, 1.165) is 38.9 Å². The molecule has 210 valence electrons. The van der Waals surface area contributed by atoms with Crippen LogP contribution in [-0.2, 0) is 0 Å². The lowest BCUT2D eigenvalue weighted by Gasteiger charge is -2.10. The van der Waals surface area contributed by atoms with Gasteiger partial charge < -0.3 is 13.6 Å². The lowest BCUT2D eigenvalue weighted by Crippen LogP contribution is -1.94. The van der Waals surface area contributed by atoms with Crippen molar-refractivity contribution in [2.45, 2.75) is 0 Å². The maximum Gasteiger partial charge on any atom is 0.137 e. The first kappa shape index (κ1) is 24.4. The molecule has 7 aromatic carbocycles. The van der Waals surface area contributed by atoms with Gasteiger partial charge in [-0.3, -0.25) is 0 Å². The van der Waals surface area contributed by atoms with Crippen molar-refractivity contribution in [3.8, 4) is 22.5 Å². The first-order valence-electron chi connectivity index (χ1n) is 15.4. The molecule has 0 fully saturated rings. The second-order valence-corrected chi connectivity index (χ2v) is 11.8. The molecule has 10 aromatic rings. The smallest absolute Gasteiger partial charge is 0.137 e. The predicted molar refractivity (Wildman–Crippen MR) is 188 cm³/mol. The Labute approximate surface area is 258 Å². The monoisotopic (exact) mass is 574 g/mol. The second kappa shape index (κ2) is 9.22. The van der Waals surface area contributed by atoms with Crippen LogP contribution in [0.5, 0.6) is 0 Å². The predicted octanol–water partition coefficient (Wildman–Crippen LogP) is 11.4. The molecule has 3 aromatic heterocycles. The minimum absolute atomic E-state index is 0.890. The van der Waals surface area contributed by atoms with Gasteiger partial charge in [0.15, 0.2) is 0 Å². The summed E-state index contributed by atoms with van der Waals surface area (Å²) in [5.41, 5.74) is 11.2. The van der Waals surface area contributed by atoms with Crippen LogP contribution < -0.4 is 0 Å². The molecule has 0 radical (unpaired) electrons. The number of furan rings is 1. The van der Waals surface area contributed by atoms with E-state index in [4.69, 9.17) is 4.42 Å². The number of para-hydroxylation sites is 4. The molecule has 0 N–H and O–H groups in total. The number of hydrogen-bond donors (Lipinski definition) is 0. The fourth-order valence-corrected chi connectivity index (χ4v) is 7.36. The summed E-state index contributed by atoms with van der Waals surface area (Å²) in [6.45, 7) is 0. The van der Waals surface area contributed by atoms with Crippen molar-refractivity contribution in [2.75, 3.05) is 0 Å². The molecule has 0 saturated carbocycles. The fraction of sp³-hybridized carbons (Fsp3) is 0. The van der Waals surface area contributed by atoms with Crippen LogP contribution in [0.25, 0.3) is 88.1 Å². The fourth-order valence-electron chi connectivity index (χ4n) is 7.36. The van der Waals surface area contributed by atoms with E-state index in [1.54, 1.807) is 0 Å². The lowest BCUT2D eigenvalue weighted by molar-refractivity contribution is 0.669. The van der Waals surface area contributed by atoms with E-state index in [0.29, 0.717) is 0 Å². The number of rotatable bonds is 3. The summed E-state index contributed by atoms with van der Waals surface area (Å²) in [4.78, 5) is 0. The van der Waals surface area contributed by atoms with Gasteiger partial charge in [-0.2, -0.15) is 0 Å². The van der Waals surface area contributed by atoms with Gasteiger partial charge in [-0.25, -0.2) is 0 Å². The summed E-state index contributed by atoms with van der Waals surface area (Å²) in [6.07, 6.45) is 0. The van der Waals surface area contributed by atoms with Gasteiger partial charge in [-0.15, -0.1) is 0 Å². The van der Waals surface area contributed by atoms with Crippen LogP contribution in [0.2, 0.25) is 0 Å². The molecule has 0 bridgehead atoms. The number of fused-ring (bicyclic) bond motifs is 9. The number of nitrogens with zero attached hydrogens (tertiary/aromatic N) is 2. The Morgan fingerprint density at radius 3 is 1.64 bits per heavy atom. The molecule has 0 aliphatic heterocycles. The third-order valence-corrected chi connectivity index (χ3v) is 9.32. The van der Waals surface area contributed by atoms with E-state index in [1.165, 1.54) is 49.2 Å². The zero-order chi connectivity index (χ0) is 29.5. The van der Waals surface area contributed by atoms with Crippen molar-refractivity contribution in [3.63, 3.8) is 0 Å². The van der Waals surface area contributed by atoms with Crippen LogP contribution in [0, 0.1) is 0 Å². The first-order valence-corrected chi connectivity index (χ1v) is 15.4. The standard InChI is InChI=1S/C42H26N2O/c1-2-11-29(12-3-1)43-35-16-7-4-15-32(35)33-23-21-28(26-39(33)43)27-22-24-40-34(25-27)42-38(19-10-20-41(42)45-40)44-36-17-8-5-13-30(36)31-14-6-9-18-37(31)44/h1-26H. The Hall–Kier alpha value is -6.06. The number of benzene rings is 7. The van der Waals surface area contributed by atoms with Crippen molar-refractivity contribution in [2.24, 2.45) is 0 Å². The van der Waals surface area contributed by atoms with Crippen LogP contribution in [0.3, 0.4) is 0 Å². The molecule has 0 spiro atoms. The third-order valence-electron chi connectivity index (χ3n) is 9.32. The van der Waals surface area contributed by atoms with Gasteiger partial charge in [0.05, 0.1) is 33.1 Å². The normalized spacial score (nSPS) is 12.0. The van der Waals surface area contributed by atoms with Crippen LogP contribution in [0.1, 0.15) is 0 Å². The van der Waals surface area contributed by atoms with Gasteiger partial charge in [0.2, 0.25) is 0 Å². The quantitative estimate of drug-likeness (QED) is 0.206. The summed E-state index contributed by atoms with van der Waals surface area (Å²) in [5, 5.41) is 7.25. The highest BCUT2D eigenvalue weighted by Crippen LogP contribution is 2.41. The summed E-state index contributed by atoms with van der Waals surface area (Å²) in [5.74, 6) is 0. The Bertz CT molecular complexity index is 2710. The maximum atomic E-state index is 6.48. The second-order valence-electron chi connectivity index (χ2n) is 11.8. The van der Waals surface area contributed by atoms with Gasteiger partial charge in [-0.1, -0.05) is 97.1 Å². The Kier molecular flexibility index (Phi) is 5.00. The van der Waals surface area contributed by atoms with E-state index in [9.17, 15) is 0 Å². The molecule has 0 saturated heterocycles. The zero-order valence-corrected chi connectivity index (χ0v) is 24.3. The zero-order valence-electron chi connectivity index (χ0n) is 24.3. The Morgan fingerprint density at radius 1 is 0.356 bits per heavy atom. The summed E-state index contributed by atoms with van der Waals surface area (Å²) in [7, 11) is 0. The molecule has 0 amide bonds. The van der Waals surface area contributed by atoms with Gasteiger partial charge >= 0.3 is 0 Å². The third kappa shape index (κ3) is 3.46. The van der Waals surface area contributed by atoms with Crippen molar-refractivity contribution in [3.05, 3.63) is 158 Å². The first-order chi connectivity index (χ1) is 22.3. The van der Waals surface area contributed by atoms with Gasteiger partial charge in [0.1, 0.15) is 11.2 Å². The lowest BCUT2D eigenvalue weighted by atomic mass is 10.0. The molecule has 0 unspecified atom stereocenters. The molecule has 3 heteroatoms. The highest BCUT2D eigenvalue weighted by atomic mass is 16.3. The molecule has 3 heterocycles. The van der Waals surface area contributed by atoms with E-state index < -0.39 is 0 Å². The number of hydrogen-bond acceptors (Lipinski definition) is 1. The topological polar surface area (TPSA) is 23.0 Å². The van der Waals surface area contributed by atoms with Gasteiger partial charge in [-0.05, 0) is 71.8 Å². The highest BCUT2D eigenvalue weighted by Gasteiger charge is 2.18. The SMILES string of the molecule is c1ccc(-n2c3ccccc3c3ccc(-c4ccc5oc6cccc(-n7c8ccccc8c8ccccc87)c6c5c4)cc32)cc1. The van der Waals surface area contributed by atoms with Crippen LogP contribution in [0.15, 0.2) is 162 Å². The van der Waals surface area contributed by atoms with Crippen molar-refractivity contribution >= 4 is 65.6 Å². The van der Waals surface area contributed by atoms with Crippen LogP contribution in [-0.4, -0.2) is 9.13 Å². The average Bonchev–Trinajstić information content (AvgIpc) is 3.76. The van der Waals surface area contributed by atoms with Gasteiger partial charge in [0, 0.05) is 32.6 Å². The molecule has 0 aliphatic rings. The minimum Gasteiger partial charge on any atom is -0.456 e. The summed E-state index contributed by atoms with van der Waals surface area (Å²) >= 11 is 0. The van der Waals surface area contributed by atoms with Crippen LogP contribution >= 0.6 is 0 Å². The van der Waals surface area contributed by atoms with Crippen LogP contribution in [0.4, 0.5) is 0 Å². The Balaban J connectivity index is 1.23. The van der Waals surface area contributed by atoms with Crippen molar-refractivity contribution in [1.82, 2.24) is 9.13 Å². The largest absolute Gasteiger partial charge is 0.456 e. The molecule has 45 heavy (non-hydrogen) atoms. The van der Waals surface area contributed by atoms with Crippen molar-refractivity contribution in [1.29, 1.82) is 0 Å². The molecule has 3 nitrogen and oxygen atoms in total. The minimum atomic E-state index is 0.890. The van der Waals surface area contributed by atoms with E-state index in [2.05, 4.69) is 167 Å². The van der Waals surface area contributed by atoms with E-state index >= 15 is 0 Å². The maximum absolute atomic E-state index is 6.48. The Morgan fingerprint density at radius 2 is 0.933 bits per heavy atom. The summed E-state index contributed by atoms with van der Waals surface area (Å²) < 4.78 is 11.2. The molecular weight excluding hydrogens is 548 g/mol.